The van der Waals surface area contributed by atoms with Crippen LogP contribution in [0.15, 0.2) is 36.8 Å². The standard InChI is InChI=1S/C17H23N3/c1-3-7-18-11-16-8-15(10-19-12-16)9-17-6-5-14(4-2)13-20-17/h5-6,8,10,12-13,18H,3-4,7,9,11H2,1-2H3. The van der Waals surface area contributed by atoms with E-state index in [4.69, 9.17) is 0 Å². The van der Waals surface area contributed by atoms with Crippen molar-refractivity contribution < 1.29 is 0 Å². The van der Waals surface area contributed by atoms with Crippen LogP contribution >= 0.6 is 0 Å². The number of aromatic nitrogens is 2. The molecule has 3 heteroatoms. The van der Waals surface area contributed by atoms with Crippen LogP contribution in [0.4, 0.5) is 0 Å². The van der Waals surface area contributed by atoms with Gasteiger partial charge in [0, 0.05) is 37.3 Å². The molecule has 20 heavy (non-hydrogen) atoms. The Hall–Kier alpha value is -1.74. The molecule has 3 nitrogen and oxygen atoms in total. The largest absolute Gasteiger partial charge is 0.313 e. The van der Waals surface area contributed by atoms with Gasteiger partial charge in [0.25, 0.3) is 0 Å². The predicted octanol–water partition coefficient (Wildman–Crippen LogP) is 3.13. The molecule has 2 rings (SSSR count). The van der Waals surface area contributed by atoms with Crippen molar-refractivity contribution in [2.24, 2.45) is 0 Å². The van der Waals surface area contributed by atoms with E-state index in [-0.39, 0.29) is 0 Å². The molecule has 0 aliphatic heterocycles. The summed E-state index contributed by atoms with van der Waals surface area (Å²) in [6, 6.07) is 6.48. The monoisotopic (exact) mass is 269 g/mol. The topological polar surface area (TPSA) is 37.8 Å². The summed E-state index contributed by atoms with van der Waals surface area (Å²) in [5.74, 6) is 0. The van der Waals surface area contributed by atoms with Crippen LogP contribution in [0.25, 0.3) is 0 Å². The minimum atomic E-state index is 0.846. The van der Waals surface area contributed by atoms with E-state index in [0.29, 0.717) is 0 Å². The fraction of sp³-hybridized carbons (Fsp3) is 0.412. The lowest BCUT2D eigenvalue weighted by Gasteiger charge is -2.06. The SMILES string of the molecule is CCCNCc1cncc(Cc2ccc(CC)cn2)c1. The molecule has 0 bridgehead atoms. The Morgan fingerprint density at radius 3 is 2.55 bits per heavy atom. The maximum atomic E-state index is 4.51. The average molecular weight is 269 g/mol. The van der Waals surface area contributed by atoms with Crippen LogP contribution < -0.4 is 5.32 Å². The second-order valence-electron chi connectivity index (χ2n) is 5.07. The molecule has 0 saturated carbocycles. The van der Waals surface area contributed by atoms with Gasteiger partial charge in [-0.25, -0.2) is 0 Å². The maximum absolute atomic E-state index is 4.51. The molecule has 106 valence electrons. The van der Waals surface area contributed by atoms with E-state index in [9.17, 15) is 0 Å². The van der Waals surface area contributed by atoms with Gasteiger partial charge in [-0.05, 0) is 42.1 Å². The van der Waals surface area contributed by atoms with E-state index in [1.54, 1.807) is 0 Å². The van der Waals surface area contributed by atoms with Gasteiger partial charge in [0.15, 0.2) is 0 Å². The summed E-state index contributed by atoms with van der Waals surface area (Å²) < 4.78 is 0. The van der Waals surface area contributed by atoms with Crippen molar-refractivity contribution >= 4 is 0 Å². The van der Waals surface area contributed by atoms with E-state index in [1.165, 1.54) is 16.7 Å². The zero-order valence-electron chi connectivity index (χ0n) is 12.4. The van der Waals surface area contributed by atoms with Gasteiger partial charge in [-0.3, -0.25) is 9.97 Å². The molecule has 2 aromatic heterocycles. The Morgan fingerprint density at radius 1 is 1.00 bits per heavy atom. The van der Waals surface area contributed by atoms with Crippen molar-refractivity contribution in [1.29, 1.82) is 0 Å². The molecule has 0 radical (unpaired) electrons. The van der Waals surface area contributed by atoms with Crippen molar-refractivity contribution in [3.8, 4) is 0 Å². The molecule has 0 atom stereocenters. The molecule has 0 saturated heterocycles. The predicted molar refractivity (Wildman–Crippen MR) is 82.7 cm³/mol. The fourth-order valence-corrected chi connectivity index (χ4v) is 2.12. The average Bonchev–Trinajstić information content (AvgIpc) is 2.49. The van der Waals surface area contributed by atoms with Gasteiger partial charge in [0.1, 0.15) is 0 Å². The van der Waals surface area contributed by atoms with Gasteiger partial charge in [0.05, 0.1) is 0 Å². The summed E-state index contributed by atoms with van der Waals surface area (Å²) in [5, 5.41) is 3.40. The van der Waals surface area contributed by atoms with Gasteiger partial charge >= 0.3 is 0 Å². The number of nitrogens with zero attached hydrogens (tertiary/aromatic N) is 2. The molecule has 1 N–H and O–H groups in total. The molecule has 0 aliphatic rings. The Labute approximate surface area is 121 Å². The third-order valence-corrected chi connectivity index (χ3v) is 3.29. The van der Waals surface area contributed by atoms with Crippen molar-refractivity contribution in [3.05, 3.63) is 59.2 Å². The molecule has 2 aromatic rings. The third-order valence-electron chi connectivity index (χ3n) is 3.29. The zero-order valence-corrected chi connectivity index (χ0v) is 12.4. The number of aryl methyl sites for hydroxylation is 1. The highest BCUT2D eigenvalue weighted by molar-refractivity contribution is 5.24. The summed E-state index contributed by atoms with van der Waals surface area (Å²) in [5.41, 5.74) is 4.84. The van der Waals surface area contributed by atoms with E-state index in [2.05, 4.69) is 47.3 Å². The van der Waals surface area contributed by atoms with E-state index in [0.717, 1.165) is 38.0 Å². The van der Waals surface area contributed by atoms with Gasteiger partial charge in [0.2, 0.25) is 0 Å². The van der Waals surface area contributed by atoms with Crippen LogP contribution in [-0.2, 0) is 19.4 Å². The Kier molecular flexibility index (Phi) is 5.69. The normalized spacial score (nSPS) is 10.7. The van der Waals surface area contributed by atoms with Crippen molar-refractivity contribution in [2.75, 3.05) is 6.54 Å². The molecule has 0 fully saturated rings. The zero-order chi connectivity index (χ0) is 14.2. The smallest absolute Gasteiger partial charge is 0.0448 e. The summed E-state index contributed by atoms with van der Waals surface area (Å²) >= 11 is 0. The highest BCUT2D eigenvalue weighted by Gasteiger charge is 2.01. The molecule has 0 amide bonds. The van der Waals surface area contributed by atoms with Crippen LogP contribution in [0.2, 0.25) is 0 Å². The van der Waals surface area contributed by atoms with Crippen LogP contribution in [0.5, 0.6) is 0 Å². The summed E-state index contributed by atoms with van der Waals surface area (Å²) in [4.78, 5) is 8.83. The van der Waals surface area contributed by atoms with Gasteiger partial charge in [-0.15, -0.1) is 0 Å². The highest BCUT2D eigenvalue weighted by atomic mass is 14.8. The van der Waals surface area contributed by atoms with Gasteiger partial charge < -0.3 is 5.32 Å². The fourth-order valence-electron chi connectivity index (χ4n) is 2.12. The maximum Gasteiger partial charge on any atom is 0.0448 e. The molecule has 0 unspecified atom stereocenters. The highest BCUT2D eigenvalue weighted by Crippen LogP contribution is 2.09. The third kappa shape index (κ3) is 4.42. The number of nitrogens with one attached hydrogen (secondary N) is 1. The van der Waals surface area contributed by atoms with E-state index >= 15 is 0 Å². The number of hydrogen-bond acceptors (Lipinski definition) is 3. The number of pyridine rings is 2. The second-order valence-corrected chi connectivity index (χ2v) is 5.07. The summed E-state index contributed by atoms with van der Waals surface area (Å²) in [6.07, 6.45) is 8.86. The Bertz CT molecular complexity index is 520. The molecule has 2 heterocycles. The summed E-state index contributed by atoms with van der Waals surface area (Å²) in [6.45, 7) is 6.25. The number of rotatable bonds is 7. The quantitative estimate of drug-likeness (QED) is 0.785. The minimum absolute atomic E-state index is 0.846. The van der Waals surface area contributed by atoms with Crippen LogP contribution in [0.3, 0.4) is 0 Å². The molecule has 0 aliphatic carbocycles. The van der Waals surface area contributed by atoms with Crippen LogP contribution in [-0.4, -0.2) is 16.5 Å². The lowest BCUT2D eigenvalue weighted by atomic mass is 10.1. The van der Waals surface area contributed by atoms with Gasteiger partial charge in [-0.2, -0.15) is 0 Å². The van der Waals surface area contributed by atoms with E-state index in [1.807, 2.05) is 18.6 Å². The molecular weight excluding hydrogens is 246 g/mol. The van der Waals surface area contributed by atoms with Crippen LogP contribution in [0.1, 0.15) is 42.7 Å². The Balaban J connectivity index is 1.99. The first-order valence-electron chi connectivity index (χ1n) is 7.39. The lowest BCUT2D eigenvalue weighted by Crippen LogP contribution is -2.14. The molecular formula is C17H23N3. The first-order chi connectivity index (χ1) is 9.81. The number of hydrogen-bond donors (Lipinski definition) is 1. The van der Waals surface area contributed by atoms with Crippen molar-refractivity contribution in [3.63, 3.8) is 0 Å². The summed E-state index contributed by atoms with van der Waals surface area (Å²) in [7, 11) is 0. The Morgan fingerprint density at radius 2 is 1.85 bits per heavy atom. The first kappa shape index (κ1) is 14.7. The minimum Gasteiger partial charge on any atom is -0.313 e. The van der Waals surface area contributed by atoms with Crippen molar-refractivity contribution in [2.45, 2.75) is 39.7 Å². The van der Waals surface area contributed by atoms with E-state index < -0.39 is 0 Å². The second kappa shape index (κ2) is 7.75. The van der Waals surface area contributed by atoms with Gasteiger partial charge in [-0.1, -0.05) is 26.0 Å². The van der Waals surface area contributed by atoms with Crippen LogP contribution in [0, 0.1) is 0 Å². The van der Waals surface area contributed by atoms with Crippen molar-refractivity contribution in [1.82, 2.24) is 15.3 Å². The molecule has 0 spiro atoms. The lowest BCUT2D eigenvalue weighted by molar-refractivity contribution is 0.673. The molecule has 0 aromatic carbocycles. The first-order valence-corrected chi connectivity index (χ1v) is 7.39.